The van der Waals surface area contributed by atoms with Crippen molar-refractivity contribution in [3.8, 4) is 11.3 Å². The Balaban J connectivity index is 1.91. The first-order chi connectivity index (χ1) is 9.83. The van der Waals surface area contributed by atoms with Crippen LogP contribution in [-0.4, -0.2) is 19.9 Å². The number of nitrogens with one attached hydrogen (secondary N) is 1. The van der Waals surface area contributed by atoms with Crippen LogP contribution >= 0.6 is 0 Å². The maximum absolute atomic E-state index is 4.50. The van der Waals surface area contributed by atoms with Crippen molar-refractivity contribution < 1.29 is 0 Å². The lowest BCUT2D eigenvalue weighted by atomic mass is 10.2. The smallest absolute Gasteiger partial charge is 0.227 e. The van der Waals surface area contributed by atoms with Crippen LogP contribution in [0.5, 0.6) is 0 Å². The molecule has 0 bridgehead atoms. The van der Waals surface area contributed by atoms with E-state index in [1.54, 1.807) is 31.0 Å². The van der Waals surface area contributed by atoms with Crippen molar-refractivity contribution in [2.24, 2.45) is 0 Å². The molecular formula is C15H13N5. The first-order valence-electron chi connectivity index (χ1n) is 6.24. The molecular weight excluding hydrogens is 250 g/mol. The molecule has 3 aromatic rings. The summed E-state index contributed by atoms with van der Waals surface area (Å²) >= 11 is 0. The van der Waals surface area contributed by atoms with Gasteiger partial charge in [-0.3, -0.25) is 9.97 Å². The highest BCUT2D eigenvalue weighted by atomic mass is 15.1. The molecule has 0 aliphatic carbocycles. The van der Waals surface area contributed by atoms with Gasteiger partial charge in [0.25, 0.3) is 0 Å². The third-order valence-corrected chi connectivity index (χ3v) is 2.88. The van der Waals surface area contributed by atoms with E-state index in [0.29, 0.717) is 5.95 Å². The average Bonchev–Trinajstić information content (AvgIpc) is 2.51. The summed E-state index contributed by atoms with van der Waals surface area (Å²) in [5.74, 6) is 0.556. The molecule has 0 aromatic carbocycles. The summed E-state index contributed by atoms with van der Waals surface area (Å²) in [7, 11) is 0. The van der Waals surface area contributed by atoms with Gasteiger partial charge in [0.15, 0.2) is 0 Å². The molecule has 3 aromatic heterocycles. The molecule has 0 amide bonds. The number of pyridine rings is 2. The Labute approximate surface area is 116 Å². The molecule has 0 radical (unpaired) electrons. The third-order valence-electron chi connectivity index (χ3n) is 2.88. The van der Waals surface area contributed by atoms with Crippen LogP contribution in [0, 0.1) is 6.92 Å². The molecule has 0 saturated heterocycles. The molecule has 0 unspecified atom stereocenters. The minimum atomic E-state index is 0.556. The summed E-state index contributed by atoms with van der Waals surface area (Å²) in [6.07, 6.45) is 8.79. The van der Waals surface area contributed by atoms with Gasteiger partial charge >= 0.3 is 0 Å². The Morgan fingerprint density at radius 2 is 1.85 bits per heavy atom. The van der Waals surface area contributed by atoms with Crippen LogP contribution in [0.25, 0.3) is 11.3 Å². The Morgan fingerprint density at radius 3 is 2.65 bits per heavy atom. The summed E-state index contributed by atoms with van der Waals surface area (Å²) in [5, 5.41) is 3.20. The van der Waals surface area contributed by atoms with Crippen molar-refractivity contribution in [1.29, 1.82) is 0 Å². The number of rotatable bonds is 3. The fourth-order valence-electron chi connectivity index (χ4n) is 1.83. The molecule has 5 nitrogen and oxygen atoms in total. The van der Waals surface area contributed by atoms with Gasteiger partial charge in [-0.1, -0.05) is 0 Å². The van der Waals surface area contributed by atoms with E-state index in [0.717, 1.165) is 22.5 Å². The molecule has 20 heavy (non-hydrogen) atoms. The first kappa shape index (κ1) is 12.2. The van der Waals surface area contributed by atoms with Crippen LogP contribution in [0.1, 0.15) is 5.56 Å². The monoisotopic (exact) mass is 263 g/mol. The summed E-state index contributed by atoms with van der Waals surface area (Å²) in [6, 6.07) is 7.62. The van der Waals surface area contributed by atoms with Crippen LogP contribution in [0.2, 0.25) is 0 Å². The Bertz CT molecular complexity index is 712. The minimum absolute atomic E-state index is 0.556. The SMILES string of the molecule is Cc1cnccc1Nc1nccc(-c2cccnc2)n1. The summed E-state index contributed by atoms with van der Waals surface area (Å²) < 4.78 is 0. The quantitative estimate of drug-likeness (QED) is 0.787. The molecule has 0 fully saturated rings. The lowest BCUT2D eigenvalue weighted by molar-refractivity contribution is 1.15. The van der Waals surface area contributed by atoms with Crippen LogP contribution in [0.4, 0.5) is 11.6 Å². The van der Waals surface area contributed by atoms with E-state index in [-0.39, 0.29) is 0 Å². The Morgan fingerprint density at radius 1 is 0.950 bits per heavy atom. The standard InChI is InChI=1S/C15H13N5/c1-11-9-17-7-4-13(11)19-15-18-8-5-14(20-15)12-3-2-6-16-10-12/h2-10H,1H3,(H,17,18,19,20). The summed E-state index contributed by atoms with van der Waals surface area (Å²) in [5.41, 5.74) is 3.79. The molecule has 0 saturated carbocycles. The van der Waals surface area contributed by atoms with E-state index in [9.17, 15) is 0 Å². The van der Waals surface area contributed by atoms with Gasteiger partial charge in [0.2, 0.25) is 5.95 Å². The van der Waals surface area contributed by atoms with Crippen LogP contribution < -0.4 is 5.32 Å². The second kappa shape index (κ2) is 5.44. The van der Waals surface area contributed by atoms with Gasteiger partial charge in [0.1, 0.15) is 0 Å². The van der Waals surface area contributed by atoms with Crippen LogP contribution in [0.3, 0.4) is 0 Å². The highest BCUT2D eigenvalue weighted by molar-refractivity contribution is 5.62. The number of aryl methyl sites for hydroxylation is 1. The van der Waals surface area contributed by atoms with Crippen molar-refractivity contribution >= 4 is 11.6 Å². The number of nitrogens with zero attached hydrogens (tertiary/aromatic N) is 4. The van der Waals surface area contributed by atoms with Crippen LogP contribution in [0.15, 0.2) is 55.2 Å². The maximum Gasteiger partial charge on any atom is 0.227 e. The van der Waals surface area contributed by atoms with Gasteiger partial charge in [-0.15, -0.1) is 0 Å². The lowest BCUT2D eigenvalue weighted by Gasteiger charge is -2.08. The number of anilines is 2. The number of hydrogen-bond donors (Lipinski definition) is 1. The highest BCUT2D eigenvalue weighted by Crippen LogP contribution is 2.19. The van der Waals surface area contributed by atoms with E-state index in [1.165, 1.54) is 0 Å². The third kappa shape index (κ3) is 2.61. The molecule has 0 atom stereocenters. The zero-order valence-electron chi connectivity index (χ0n) is 11.0. The van der Waals surface area contributed by atoms with E-state index < -0.39 is 0 Å². The van der Waals surface area contributed by atoms with Gasteiger partial charge in [-0.25, -0.2) is 9.97 Å². The van der Waals surface area contributed by atoms with E-state index in [2.05, 4.69) is 25.3 Å². The van der Waals surface area contributed by atoms with Crippen molar-refractivity contribution in [1.82, 2.24) is 19.9 Å². The molecule has 5 heteroatoms. The molecule has 1 N–H and O–H groups in total. The van der Waals surface area contributed by atoms with E-state index in [4.69, 9.17) is 0 Å². The van der Waals surface area contributed by atoms with Crippen molar-refractivity contribution in [3.05, 3.63) is 60.8 Å². The average molecular weight is 263 g/mol. The molecule has 0 aliphatic heterocycles. The highest BCUT2D eigenvalue weighted by Gasteiger charge is 2.04. The van der Waals surface area contributed by atoms with Crippen molar-refractivity contribution in [2.75, 3.05) is 5.32 Å². The lowest BCUT2D eigenvalue weighted by Crippen LogP contribution is -1.99. The molecule has 3 heterocycles. The Kier molecular flexibility index (Phi) is 3.33. The fraction of sp³-hybridized carbons (Fsp3) is 0.0667. The van der Waals surface area contributed by atoms with Crippen LogP contribution in [-0.2, 0) is 0 Å². The first-order valence-corrected chi connectivity index (χ1v) is 6.24. The predicted molar refractivity (Wildman–Crippen MR) is 77.5 cm³/mol. The normalized spacial score (nSPS) is 10.2. The van der Waals surface area contributed by atoms with Gasteiger partial charge < -0.3 is 5.32 Å². The minimum Gasteiger partial charge on any atom is -0.324 e. The zero-order valence-corrected chi connectivity index (χ0v) is 11.0. The largest absolute Gasteiger partial charge is 0.324 e. The number of aromatic nitrogens is 4. The van der Waals surface area contributed by atoms with Crippen molar-refractivity contribution in [2.45, 2.75) is 6.92 Å². The second-order valence-corrected chi connectivity index (χ2v) is 4.32. The van der Waals surface area contributed by atoms with E-state index in [1.807, 2.05) is 31.2 Å². The summed E-state index contributed by atoms with van der Waals surface area (Å²) in [4.78, 5) is 16.9. The molecule has 0 spiro atoms. The van der Waals surface area contributed by atoms with Gasteiger partial charge in [-0.05, 0) is 36.8 Å². The van der Waals surface area contributed by atoms with E-state index >= 15 is 0 Å². The van der Waals surface area contributed by atoms with Gasteiger partial charge in [0, 0.05) is 42.2 Å². The maximum atomic E-state index is 4.50. The van der Waals surface area contributed by atoms with Crippen molar-refractivity contribution in [3.63, 3.8) is 0 Å². The zero-order chi connectivity index (χ0) is 13.8. The summed E-state index contributed by atoms with van der Waals surface area (Å²) in [6.45, 7) is 1.99. The Hall–Kier alpha value is -2.82. The predicted octanol–water partition coefficient (Wildman–Crippen LogP) is 2.99. The molecule has 0 aliphatic rings. The molecule has 3 rings (SSSR count). The van der Waals surface area contributed by atoms with Gasteiger partial charge in [-0.2, -0.15) is 0 Å². The second-order valence-electron chi connectivity index (χ2n) is 4.32. The molecule has 98 valence electrons. The number of hydrogen-bond acceptors (Lipinski definition) is 5. The fourth-order valence-corrected chi connectivity index (χ4v) is 1.83. The van der Waals surface area contributed by atoms with Gasteiger partial charge in [0.05, 0.1) is 5.69 Å². The topological polar surface area (TPSA) is 63.6 Å².